The van der Waals surface area contributed by atoms with Crippen molar-refractivity contribution in [2.24, 2.45) is 0 Å². The maximum Gasteiger partial charge on any atom is 0.243 e. The van der Waals surface area contributed by atoms with Gasteiger partial charge in [0.2, 0.25) is 15.7 Å². The van der Waals surface area contributed by atoms with Crippen molar-refractivity contribution < 1.29 is 17.9 Å². The molecule has 0 spiro atoms. The number of carbonyl (C=O) groups excluding carboxylic acids is 1. The first-order chi connectivity index (χ1) is 15.9. The summed E-state index contributed by atoms with van der Waals surface area (Å²) in [5.74, 6) is -0.0933. The minimum Gasteiger partial charge on any atom is -0.493 e. The first-order valence-corrected chi connectivity index (χ1v) is 11.9. The first-order valence-electron chi connectivity index (χ1n) is 10.4. The van der Waals surface area contributed by atoms with E-state index in [0.717, 1.165) is 16.3 Å². The predicted octanol–water partition coefficient (Wildman–Crippen LogP) is 5.04. The van der Waals surface area contributed by atoms with E-state index in [2.05, 4.69) is 10.6 Å². The van der Waals surface area contributed by atoms with Crippen LogP contribution in [-0.4, -0.2) is 28.0 Å². The smallest absolute Gasteiger partial charge is 0.243 e. The number of rotatable bonds is 7. The fourth-order valence-electron chi connectivity index (χ4n) is 3.66. The standard InChI is InChI=1S/C26H24N2O4S/c1-18-14-23(26(32-2)24(15-18)33(30,31)22-10-4-3-5-11-22)27-17-25(29)28-21-13-12-19-8-6-7-9-20(19)16-21/h3-16,27H,17H2,1-2H3,(H,28,29). The Hall–Kier alpha value is -3.84. The van der Waals surface area contributed by atoms with Gasteiger partial charge < -0.3 is 15.4 Å². The minimum absolute atomic E-state index is 0.0497. The lowest BCUT2D eigenvalue weighted by atomic mass is 10.1. The van der Waals surface area contributed by atoms with Crippen LogP contribution in [0.25, 0.3) is 10.8 Å². The van der Waals surface area contributed by atoms with Crippen LogP contribution in [0.4, 0.5) is 11.4 Å². The van der Waals surface area contributed by atoms with Gasteiger partial charge in [-0.25, -0.2) is 8.42 Å². The van der Waals surface area contributed by atoms with E-state index in [9.17, 15) is 13.2 Å². The summed E-state index contributed by atoms with van der Waals surface area (Å²) in [6.45, 7) is 1.74. The molecule has 0 fully saturated rings. The average Bonchev–Trinajstić information content (AvgIpc) is 2.83. The van der Waals surface area contributed by atoms with Gasteiger partial charge in [-0.05, 0) is 59.7 Å². The molecule has 0 saturated carbocycles. The van der Waals surface area contributed by atoms with Crippen LogP contribution < -0.4 is 15.4 Å². The summed E-state index contributed by atoms with van der Waals surface area (Å²) in [5.41, 5.74) is 1.84. The molecule has 7 heteroatoms. The summed E-state index contributed by atoms with van der Waals surface area (Å²) < 4.78 is 31.9. The molecule has 0 radical (unpaired) electrons. The van der Waals surface area contributed by atoms with E-state index >= 15 is 0 Å². The molecule has 1 amide bonds. The number of methoxy groups -OCH3 is 1. The minimum atomic E-state index is -3.80. The lowest BCUT2D eigenvalue weighted by Gasteiger charge is -2.17. The molecule has 2 N–H and O–H groups in total. The highest BCUT2D eigenvalue weighted by atomic mass is 32.2. The number of aryl methyl sites for hydroxylation is 1. The van der Waals surface area contributed by atoms with Crippen LogP contribution >= 0.6 is 0 Å². The number of benzene rings is 4. The summed E-state index contributed by atoms with van der Waals surface area (Å²) in [6.07, 6.45) is 0. The number of hydrogen-bond acceptors (Lipinski definition) is 5. The van der Waals surface area contributed by atoms with E-state index in [-0.39, 0.29) is 28.0 Å². The third kappa shape index (κ3) is 4.83. The van der Waals surface area contributed by atoms with Crippen molar-refractivity contribution in [3.8, 4) is 5.75 Å². The number of amides is 1. The summed E-state index contributed by atoms with van der Waals surface area (Å²) in [7, 11) is -2.39. The van der Waals surface area contributed by atoms with Crippen molar-refractivity contribution in [2.75, 3.05) is 24.3 Å². The molecule has 0 atom stereocenters. The lowest BCUT2D eigenvalue weighted by molar-refractivity contribution is -0.114. The molecule has 0 aliphatic carbocycles. The van der Waals surface area contributed by atoms with Gasteiger partial charge in [0.05, 0.1) is 24.2 Å². The van der Waals surface area contributed by atoms with E-state index in [4.69, 9.17) is 4.74 Å². The monoisotopic (exact) mass is 460 g/mol. The number of hydrogen-bond donors (Lipinski definition) is 2. The van der Waals surface area contributed by atoms with Gasteiger partial charge in [0.15, 0.2) is 5.75 Å². The zero-order chi connectivity index (χ0) is 23.4. The highest BCUT2D eigenvalue weighted by Crippen LogP contribution is 2.36. The molecule has 0 unspecified atom stereocenters. The summed E-state index contributed by atoms with van der Waals surface area (Å²) in [6, 6.07) is 25.1. The highest BCUT2D eigenvalue weighted by molar-refractivity contribution is 7.91. The van der Waals surface area contributed by atoms with Gasteiger partial charge in [0.1, 0.15) is 4.90 Å². The molecule has 6 nitrogen and oxygen atoms in total. The van der Waals surface area contributed by atoms with Crippen LogP contribution in [0.1, 0.15) is 5.56 Å². The van der Waals surface area contributed by atoms with Crippen LogP contribution in [0.2, 0.25) is 0 Å². The number of fused-ring (bicyclic) bond motifs is 1. The van der Waals surface area contributed by atoms with Gasteiger partial charge in [-0.1, -0.05) is 48.5 Å². The summed E-state index contributed by atoms with van der Waals surface area (Å²) >= 11 is 0. The Labute approximate surface area is 193 Å². The molecule has 33 heavy (non-hydrogen) atoms. The van der Waals surface area contributed by atoms with Crippen LogP contribution in [-0.2, 0) is 14.6 Å². The molecule has 0 aliphatic heterocycles. The van der Waals surface area contributed by atoms with Crippen LogP contribution in [0.3, 0.4) is 0 Å². The molecule has 4 rings (SSSR count). The van der Waals surface area contributed by atoms with Crippen LogP contribution in [0.15, 0.2) is 94.7 Å². The Morgan fingerprint density at radius 3 is 2.30 bits per heavy atom. The van der Waals surface area contributed by atoms with Crippen molar-refractivity contribution in [3.63, 3.8) is 0 Å². The third-order valence-electron chi connectivity index (χ3n) is 5.22. The number of nitrogens with one attached hydrogen (secondary N) is 2. The van der Waals surface area contributed by atoms with E-state index in [1.54, 1.807) is 49.4 Å². The van der Waals surface area contributed by atoms with Crippen molar-refractivity contribution >= 4 is 37.9 Å². The van der Waals surface area contributed by atoms with Gasteiger partial charge >= 0.3 is 0 Å². The summed E-state index contributed by atoms with van der Waals surface area (Å²) in [4.78, 5) is 12.8. The predicted molar refractivity (Wildman–Crippen MR) is 131 cm³/mol. The number of anilines is 2. The maximum absolute atomic E-state index is 13.2. The van der Waals surface area contributed by atoms with E-state index in [1.807, 2.05) is 42.5 Å². The van der Waals surface area contributed by atoms with Gasteiger partial charge in [0.25, 0.3) is 0 Å². The van der Waals surface area contributed by atoms with Crippen molar-refractivity contribution in [2.45, 2.75) is 16.7 Å². The molecule has 4 aromatic rings. The molecule has 0 aromatic heterocycles. The van der Waals surface area contributed by atoms with Gasteiger partial charge in [-0.2, -0.15) is 0 Å². The number of carbonyl (C=O) groups is 1. The number of ether oxygens (including phenoxy) is 1. The van der Waals surface area contributed by atoms with Crippen molar-refractivity contribution in [3.05, 3.63) is 90.5 Å². The average molecular weight is 461 g/mol. The van der Waals surface area contributed by atoms with Gasteiger partial charge in [0, 0.05) is 5.69 Å². The molecule has 4 aromatic carbocycles. The zero-order valence-electron chi connectivity index (χ0n) is 18.3. The molecular formula is C26H24N2O4S. The van der Waals surface area contributed by atoms with Crippen molar-refractivity contribution in [1.29, 1.82) is 0 Å². The van der Waals surface area contributed by atoms with Crippen molar-refractivity contribution in [1.82, 2.24) is 0 Å². The topological polar surface area (TPSA) is 84.5 Å². The molecule has 0 heterocycles. The van der Waals surface area contributed by atoms with Crippen LogP contribution in [0.5, 0.6) is 5.75 Å². The van der Waals surface area contributed by atoms with E-state index in [1.165, 1.54) is 7.11 Å². The van der Waals surface area contributed by atoms with Gasteiger partial charge in [-0.3, -0.25) is 4.79 Å². The Kier molecular flexibility index (Phi) is 6.33. The van der Waals surface area contributed by atoms with E-state index in [0.29, 0.717) is 11.4 Å². The maximum atomic E-state index is 13.2. The Balaban J connectivity index is 1.56. The third-order valence-corrected chi connectivity index (χ3v) is 6.99. The fraction of sp³-hybridized carbons (Fsp3) is 0.115. The molecule has 0 aliphatic rings. The normalized spacial score (nSPS) is 11.2. The second-order valence-electron chi connectivity index (χ2n) is 7.62. The number of sulfone groups is 1. The Morgan fingerprint density at radius 1 is 0.879 bits per heavy atom. The second-order valence-corrected chi connectivity index (χ2v) is 9.54. The highest BCUT2D eigenvalue weighted by Gasteiger charge is 2.25. The van der Waals surface area contributed by atoms with Gasteiger partial charge in [-0.15, -0.1) is 0 Å². The largest absolute Gasteiger partial charge is 0.493 e. The molecule has 168 valence electrons. The molecule has 0 saturated heterocycles. The SMILES string of the molecule is COc1c(NCC(=O)Nc2ccc3ccccc3c2)cc(C)cc1S(=O)(=O)c1ccccc1. The molecular weight excluding hydrogens is 436 g/mol. The summed E-state index contributed by atoms with van der Waals surface area (Å²) in [5, 5.41) is 8.01. The van der Waals surface area contributed by atoms with Crippen LogP contribution in [0, 0.1) is 6.92 Å². The Bertz CT molecular complexity index is 1420. The fourth-order valence-corrected chi connectivity index (χ4v) is 5.20. The second kappa shape index (κ2) is 9.34. The lowest BCUT2D eigenvalue weighted by Crippen LogP contribution is -2.22. The molecule has 0 bridgehead atoms. The van der Waals surface area contributed by atoms with E-state index < -0.39 is 9.84 Å². The Morgan fingerprint density at radius 2 is 1.58 bits per heavy atom. The first kappa shape index (κ1) is 22.4. The quantitative estimate of drug-likeness (QED) is 0.404. The zero-order valence-corrected chi connectivity index (χ0v) is 19.1.